The average Bonchev–Trinajstić information content (AvgIpc) is 2.26. The molecule has 2 unspecified atom stereocenters. The summed E-state index contributed by atoms with van der Waals surface area (Å²) in [6.07, 6.45) is 1.19. The third-order valence-corrected chi connectivity index (χ3v) is 3.32. The van der Waals surface area contributed by atoms with Crippen molar-refractivity contribution in [3.63, 3.8) is 0 Å². The van der Waals surface area contributed by atoms with Crippen LogP contribution in [0.1, 0.15) is 52.1 Å². The number of carbonyl (C=O) groups is 1. The molecule has 112 valence electrons. The van der Waals surface area contributed by atoms with Gasteiger partial charge in [0.15, 0.2) is 0 Å². The SMILES string of the molecule is CC(NC(=O)CC(N)CC(C)(C)C)c1ccc(Cl)cc1. The van der Waals surface area contributed by atoms with E-state index in [9.17, 15) is 4.79 Å². The van der Waals surface area contributed by atoms with Gasteiger partial charge in [0.1, 0.15) is 0 Å². The second-order valence-corrected chi connectivity index (χ2v) is 7.01. The number of nitrogens with two attached hydrogens (primary N) is 1. The number of hydrogen-bond acceptors (Lipinski definition) is 2. The van der Waals surface area contributed by atoms with Gasteiger partial charge in [0.25, 0.3) is 0 Å². The van der Waals surface area contributed by atoms with Gasteiger partial charge in [-0.05, 0) is 36.5 Å². The minimum Gasteiger partial charge on any atom is -0.350 e. The van der Waals surface area contributed by atoms with Crippen molar-refractivity contribution in [2.24, 2.45) is 11.1 Å². The van der Waals surface area contributed by atoms with E-state index in [1.165, 1.54) is 0 Å². The fourth-order valence-corrected chi connectivity index (χ4v) is 2.36. The Morgan fingerprint density at radius 3 is 2.35 bits per heavy atom. The van der Waals surface area contributed by atoms with Crippen LogP contribution in [0.4, 0.5) is 0 Å². The Labute approximate surface area is 126 Å². The molecule has 0 aliphatic heterocycles. The molecule has 0 aromatic heterocycles. The van der Waals surface area contributed by atoms with Crippen molar-refractivity contribution >= 4 is 17.5 Å². The number of benzene rings is 1. The van der Waals surface area contributed by atoms with E-state index in [0.717, 1.165) is 12.0 Å². The molecule has 1 amide bonds. The summed E-state index contributed by atoms with van der Waals surface area (Å²) in [7, 11) is 0. The molecule has 2 atom stereocenters. The molecule has 0 heterocycles. The molecule has 0 aliphatic carbocycles. The minimum atomic E-state index is -0.104. The summed E-state index contributed by atoms with van der Waals surface area (Å²) in [4.78, 5) is 12.0. The normalized spacial score (nSPS) is 14.7. The molecule has 0 aliphatic rings. The first kappa shape index (κ1) is 17.0. The molecule has 3 nitrogen and oxygen atoms in total. The lowest BCUT2D eigenvalue weighted by Crippen LogP contribution is -2.35. The lowest BCUT2D eigenvalue weighted by Gasteiger charge is -2.23. The van der Waals surface area contributed by atoms with Crippen molar-refractivity contribution < 1.29 is 4.79 Å². The molecule has 1 aromatic carbocycles. The summed E-state index contributed by atoms with van der Waals surface area (Å²) in [5, 5.41) is 3.66. The van der Waals surface area contributed by atoms with E-state index in [0.29, 0.717) is 11.4 Å². The highest BCUT2D eigenvalue weighted by atomic mass is 35.5. The van der Waals surface area contributed by atoms with Crippen LogP contribution in [0.5, 0.6) is 0 Å². The van der Waals surface area contributed by atoms with Crippen LogP contribution < -0.4 is 11.1 Å². The van der Waals surface area contributed by atoms with Gasteiger partial charge < -0.3 is 11.1 Å². The Balaban J connectivity index is 2.47. The van der Waals surface area contributed by atoms with Crippen LogP contribution in [0, 0.1) is 5.41 Å². The second-order valence-electron chi connectivity index (χ2n) is 6.57. The van der Waals surface area contributed by atoms with Gasteiger partial charge in [0, 0.05) is 17.5 Å². The van der Waals surface area contributed by atoms with Crippen LogP contribution in [0.2, 0.25) is 5.02 Å². The molecule has 3 N–H and O–H groups in total. The van der Waals surface area contributed by atoms with E-state index >= 15 is 0 Å². The van der Waals surface area contributed by atoms with Crippen molar-refractivity contribution in [2.45, 2.75) is 52.6 Å². The predicted molar refractivity (Wildman–Crippen MR) is 84.7 cm³/mol. The molecule has 0 saturated carbocycles. The molecular formula is C16H25ClN2O. The first-order valence-corrected chi connectivity index (χ1v) is 7.35. The zero-order valence-electron chi connectivity index (χ0n) is 12.7. The van der Waals surface area contributed by atoms with Crippen LogP contribution in [0.25, 0.3) is 0 Å². The van der Waals surface area contributed by atoms with E-state index < -0.39 is 0 Å². The monoisotopic (exact) mass is 296 g/mol. The fourth-order valence-electron chi connectivity index (χ4n) is 2.23. The van der Waals surface area contributed by atoms with Crippen molar-refractivity contribution in [1.82, 2.24) is 5.32 Å². The smallest absolute Gasteiger partial charge is 0.222 e. The van der Waals surface area contributed by atoms with Crippen LogP contribution in [-0.2, 0) is 4.79 Å². The van der Waals surface area contributed by atoms with E-state index in [1.807, 2.05) is 31.2 Å². The zero-order valence-corrected chi connectivity index (χ0v) is 13.5. The van der Waals surface area contributed by atoms with Gasteiger partial charge in [-0.3, -0.25) is 4.79 Å². The van der Waals surface area contributed by atoms with Gasteiger partial charge in [-0.15, -0.1) is 0 Å². The lowest BCUT2D eigenvalue weighted by molar-refractivity contribution is -0.122. The molecule has 0 radical (unpaired) electrons. The third kappa shape index (κ3) is 6.40. The Hall–Kier alpha value is -1.06. The predicted octanol–water partition coefficient (Wildman–Crippen LogP) is 3.67. The average molecular weight is 297 g/mol. The summed E-state index contributed by atoms with van der Waals surface area (Å²) >= 11 is 5.85. The van der Waals surface area contributed by atoms with Crippen LogP contribution in [0.3, 0.4) is 0 Å². The molecule has 20 heavy (non-hydrogen) atoms. The highest BCUT2D eigenvalue weighted by Crippen LogP contribution is 2.21. The zero-order chi connectivity index (χ0) is 15.3. The third-order valence-electron chi connectivity index (χ3n) is 3.07. The minimum absolute atomic E-state index is 0.0100. The van der Waals surface area contributed by atoms with Gasteiger partial charge in [0.2, 0.25) is 5.91 Å². The topological polar surface area (TPSA) is 55.1 Å². The van der Waals surface area contributed by atoms with E-state index in [2.05, 4.69) is 26.1 Å². The van der Waals surface area contributed by atoms with Crippen molar-refractivity contribution in [3.05, 3.63) is 34.9 Å². The number of halogens is 1. The molecule has 1 rings (SSSR count). The maximum atomic E-state index is 12.0. The number of rotatable bonds is 5. The largest absolute Gasteiger partial charge is 0.350 e. The summed E-state index contributed by atoms with van der Waals surface area (Å²) in [6.45, 7) is 8.33. The molecule has 0 bridgehead atoms. The van der Waals surface area contributed by atoms with Crippen molar-refractivity contribution in [2.75, 3.05) is 0 Å². The Morgan fingerprint density at radius 2 is 1.85 bits per heavy atom. The summed E-state index contributed by atoms with van der Waals surface area (Å²) in [6, 6.07) is 7.34. The van der Waals surface area contributed by atoms with Crippen molar-refractivity contribution in [3.8, 4) is 0 Å². The van der Waals surface area contributed by atoms with Gasteiger partial charge in [-0.2, -0.15) is 0 Å². The van der Waals surface area contributed by atoms with Gasteiger partial charge in [0.05, 0.1) is 6.04 Å². The van der Waals surface area contributed by atoms with E-state index in [4.69, 9.17) is 17.3 Å². The standard InChI is InChI=1S/C16H25ClN2O/c1-11(12-5-7-13(17)8-6-12)19-15(20)9-14(18)10-16(2,3)4/h5-8,11,14H,9-10,18H2,1-4H3,(H,19,20). The lowest BCUT2D eigenvalue weighted by atomic mass is 9.87. The van der Waals surface area contributed by atoms with Crippen molar-refractivity contribution in [1.29, 1.82) is 0 Å². The van der Waals surface area contributed by atoms with Gasteiger partial charge in [-0.1, -0.05) is 44.5 Å². The van der Waals surface area contributed by atoms with Gasteiger partial charge in [-0.25, -0.2) is 0 Å². The fraction of sp³-hybridized carbons (Fsp3) is 0.562. The second kappa shape index (κ2) is 7.09. The summed E-state index contributed by atoms with van der Waals surface area (Å²) < 4.78 is 0. The molecule has 0 fully saturated rings. The van der Waals surface area contributed by atoms with Gasteiger partial charge >= 0.3 is 0 Å². The number of amides is 1. The Morgan fingerprint density at radius 1 is 1.30 bits per heavy atom. The van der Waals surface area contributed by atoms with E-state index in [1.54, 1.807) is 0 Å². The van der Waals surface area contributed by atoms with Crippen LogP contribution in [-0.4, -0.2) is 11.9 Å². The maximum Gasteiger partial charge on any atom is 0.222 e. The van der Waals surface area contributed by atoms with Crippen LogP contribution >= 0.6 is 11.6 Å². The number of hydrogen-bond donors (Lipinski definition) is 2. The Kier molecular flexibility index (Phi) is 6.03. The highest BCUT2D eigenvalue weighted by Gasteiger charge is 2.19. The first-order chi connectivity index (χ1) is 9.17. The number of nitrogens with one attached hydrogen (secondary N) is 1. The quantitative estimate of drug-likeness (QED) is 0.871. The highest BCUT2D eigenvalue weighted by molar-refractivity contribution is 6.30. The van der Waals surface area contributed by atoms with Crippen LogP contribution in [0.15, 0.2) is 24.3 Å². The number of carbonyl (C=O) groups excluding carboxylic acids is 1. The summed E-state index contributed by atoms with van der Waals surface area (Å²) in [5.41, 5.74) is 7.19. The summed E-state index contributed by atoms with van der Waals surface area (Å²) in [5.74, 6) is -0.0100. The van der Waals surface area contributed by atoms with E-state index in [-0.39, 0.29) is 23.4 Å². The molecule has 0 saturated heterocycles. The first-order valence-electron chi connectivity index (χ1n) is 6.98. The molecule has 4 heteroatoms. The molecular weight excluding hydrogens is 272 g/mol. The Bertz CT molecular complexity index is 437. The molecule has 1 aromatic rings. The molecule has 0 spiro atoms. The maximum absolute atomic E-state index is 12.0.